The summed E-state index contributed by atoms with van der Waals surface area (Å²) in [4.78, 5) is 16.4. The SMILES string of the molecule is CN(C)CCCNc1ccc(C(=O)N2CCCCCC2)nn1. The minimum Gasteiger partial charge on any atom is -0.369 e. The van der Waals surface area contributed by atoms with Crippen LogP contribution in [0.2, 0.25) is 0 Å². The average molecular weight is 305 g/mol. The lowest BCUT2D eigenvalue weighted by Crippen LogP contribution is -2.32. The number of nitrogens with one attached hydrogen (secondary N) is 1. The number of anilines is 1. The fourth-order valence-electron chi connectivity index (χ4n) is 2.59. The molecule has 1 aromatic rings. The Kier molecular flexibility index (Phi) is 6.58. The molecule has 1 N–H and O–H groups in total. The van der Waals surface area contributed by atoms with Gasteiger partial charge in [0, 0.05) is 19.6 Å². The summed E-state index contributed by atoms with van der Waals surface area (Å²) in [6, 6.07) is 3.61. The largest absolute Gasteiger partial charge is 0.369 e. The molecule has 2 heterocycles. The summed E-state index contributed by atoms with van der Waals surface area (Å²) in [5, 5.41) is 11.4. The molecule has 0 aliphatic carbocycles. The van der Waals surface area contributed by atoms with E-state index in [0.717, 1.165) is 51.3 Å². The topological polar surface area (TPSA) is 61.4 Å². The monoisotopic (exact) mass is 305 g/mol. The third-order valence-electron chi connectivity index (χ3n) is 3.87. The molecule has 1 saturated heterocycles. The molecule has 0 aromatic carbocycles. The molecule has 0 bridgehead atoms. The third kappa shape index (κ3) is 5.26. The molecule has 2 rings (SSSR count). The van der Waals surface area contributed by atoms with Crippen LogP contribution in [0.5, 0.6) is 0 Å². The first-order valence-corrected chi connectivity index (χ1v) is 8.18. The second kappa shape index (κ2) is 8.68. The molecular weight excluding hydrogens is 278 g/mol. The summed E-state index contributed by atoms with van der Waals surface area (Å²) in [6.07, 6.45) is 5.65. The first-order valence-electron chi connectivity index (χ1n) is 8.18. The molecule has 22 heavy (non-hydrogen) atoms. The summed E-state index contributed by atoms with van der Waals surface area (Å²) in [5.41, 5.74) is 0.445. The zero-order valence-electron chi connectivity index (χ0n) is 13.7. The normalized spacial score (nSPS) is 15.7. The van der Waals surface area contributed by atoms with Crippen LogP contribution in [0.25, 0.3) is 0 Å². The van der Waals surface area contributed by atoms with Crippen molar-refractivity contribution in [2.75, 3.05) is 45.6 Å². The molecule has 6 nitrogen and oxygen atoms in total. The lowest BCUT2D eigenvalue weighted by atomic mass is 10.2. The van der Waals surface area contributed by atoms with Gasteiger partial charge >= 0.3 is 0 Å². The molecule has 1 fully saturated rings. The fourth-order valence-corrected chi connectivity index (χ4v) is 2.59. The maximum Gasteiger partial charge on any atom is 0.274 e. The number of nitrogens with zero attached hydrogens (tertiary/aromatic N) is 4. The lowest BCUT2D eigenvalue weighted by molar-refractivity contribution is 0.0754. The van der Waals surface area contributed by atoms with Gasteiger partial charge in [-0.3, -0.25) is 4.79 Å². The molecule has 6 heteroatoms. The van der Waals surface area contributed by atoms with Crippen molar-refractivity contribution >= 4 is 11.7 Å². The van der Waals surface area contributed by atoms with E-state index in [0.29, 0.717) is 5.69 Å². The van der Waals surface area contributed by atoms with Crippen LogP contribution in [0.1, 0.15) is 42.6 Å². The Morgan fingerprint density at radius 3 is 2.50 bits per heavy atom. The van der Waals surface area contributed by atoms with Crippen LogP contribution in [-0.2, 0) is 0 Å². The van der Waals surface area contributed by atoms with Crippen molar-refractivity contribution in [1.29, 1.82) is 0 Å². The molecule has 122 valence electrons. The van der Waals surface area contributed by atoms with Gasteiger partial charge in [0.2, 0.25) is 0 Å². The van der Waals surface area contributed by atoms with Crippen molar-refractivity contribution in [2.24, 2.45) is 0 Å². The molecule has 1 aromatic heterocycles. The van der Waals surface area contributed by atoms with Gasteiger partial charge in [0.05, 0.1) is 0 Å². The van der Waals surface area contributed by atoms with Crippen molar-refractivity contribution < 1.29 is 4.79 Å². The maximum atomic E-state index is 12.4. The summed E-state index contributed by atoms with van der Waals surface area (Å²) >= 11 is 0. The number of rotatable bonds is 6. The van der Waals surface area contributed by atoms with Gasteiger partial charge < -0.3 is 15.1 Å². The quantitative estimate of drug-likeness (QED) is 0.813. The Morgan fingerprint density at radius 1 is 1.18 bits per heavy atom. The van der Waals surface area contributed by atoms with E-state index in [2.05, 4.69) is 34.5 Å². The summed E-state index contributed by atoms with van der Waals surface area (Å²) in [7, 11) is 4.12. The minimum atomic E-state index is 0.00792. The summed E-state index contributed by atoms with van der Waals surface area (Å²) in [6.45, 7) is 3.56. The third-order valence-corrected chi connectivity index (χ3v) is 3.87. The van der Waals surface area contributed by atoms with Crippen molar-refractivity contribution in [3.05, 3.63) is 17.8 Å². The van der Waals surface area contributed by atoms with Gasteiger partial charge in [-0.25, -0.2) is 0 Å². The highest BCUT2D eigenvalue weighted by Crippen LogP contribution is 2.12. The first-order chi connectivity index (χ1) is 10.7. The van der Waals surface area contributed by atoms with Crippen molar-refractivity contribution in [1.82, 2.24) is 20.0 Å². The number of amides is 1. The Balaban J connectivity index is 1.83. The fraction of sp³-hybridized carbons (Fsp3) is 0.688. The van der Waals surface area contributed by atoms with Crippen LogP contribution in [0, 0.1) is 0 Å². The number of hydrogen-bond acceptors (Lipinski definition) is 5. The van der Waals surface area contributed by atoms with E-state index in [-0.39, 0.29) is 5.91 Å². The zero-order chi connectivity index (χ0) is 15.8. The van der Waals surface area contributed by atoms with Crippen molar-refractivity contribution in [2.45, 2.75) is 32.1 Å². The molecule has 0 radical (unpaired) electrons. The smallest absolute Gasteiger partial charge is 0.274 e. The van der Waals surface area contributed by atoms with Crippen LogP contribution in [0.15, 0.2) is 12.1 Å². The number of carbonyl (C=O) groups excluding carboxylic acids is 1. The number of likely N-dealkylation sites (tertiary alicyclic amines) is 1. The highest BCUT2D eigenvalue weighted by atomic mass is 16.2. The predicted octanol–water partition coefficient (Wildman–Crippen LogP) is 1.86. The first kappa shape index (κ1) is 16.7. The van der Waals surface area contributed by atoms with Gasteiger partial charge in [-0.2, -0.15) is 0 Å². The molecule has 0 atom stereocenters. The van der Waals surface area contributed by atoms with Gasteiger partial charge in [-0.1, -0.05) is 12.8 Å². The summed E-state index contributed by atoms with van der Waals surface area (Å²) in [5.74, 6) is 0.736. The van der Waals surface area contributed by atoms with Crippen LogP contribution >= 0.6 is 0 Å². The molecular formula is C16H27N5O. The van der Waals surface area contributed by atoms with Crippen LogP contribution in [0.3, 0.4) is 0 Å². The number of carbonyl (C=O) groups is 1. The number of aromatic nitrogens is 2. The zero-order valence-corrected chi connectivity index (χ0v) is 13.7. The van der Waals surface area contributed by atoms with Crippen molar-refractivity contribution in [3.8, 4) is 0 Å². The van der Waals surface area contributed by atoms with E-state index < -0.39 is 0 Å². The van der Waals surface area contributed by atoms with E-state index >= 15 is 0 Å². The molecule has 1 aliphatic rings. The average Bonchev–Trinajstić information content (AvgIpc) is 2.80. The van der Waals surface area contributed by atoms with Crippen LogP contribution < -0.4 is 5.32 Å². The Labute approximate surface area is 132 Å². The van der Waals surface area contributed by atoms with Gasteiger partial charge in [0.25, 0.3) is 5.91 Å². The standard InChI is InChI=1S/C16H27N5O/c1-20(2)11-7-10-17-15-9-8-14(18-19-15)16(22)21-12-5-3-4-6-13-21/h8-9H,3-7,10-13H2,1-2H3,(H,17,19). The maximum absolute atomic E-state index is 12.4. The van der Waals surface area contributed by atoms with Gasteiger partial charge in [0.15, 0.2) is 5.69 Å². The van der Waals surface area contributed by atoms with Gasteiger partial charge in [-0.15, -0.1) is 10.2 Å². The molecule has 0 unspecified atom stereocenters. The highest BCUT2D eigenvalue weighted by molar-refractivity contribution is 5.92. The van der Waals surface area contributed by atoms with E-state index in [1.165, 1.54) is 12.8 Å². The minimum absolute atomic E-state index is 0.00792. The second-order valence-corrected chi connectivity index (χ2v) is 6.09. The van der Waals surface area contributed by atoms with Crippen LogP contribution in [-0.4, -0.2) is 66.2 Å². The highest BCUT2D eigenvalue weighted by Gasteiger charge is 2.18. The Hall–Kier alpha value is -1.69. The Morgan fingerprint density at radius 2 is 1.91 bits per heavy atom. The number of hydrogen-bond donors (Lipinski definition) is 1. The molecule has 1 aliphatic heterocycles. The van der Waals surface area contributed by atoms with Gasteiger partial charge in [0.1, 0.15) is 5.82 Å². The predicted molar refractivity (Wildman–Crippen MR) is 88.1 cm³/mol. The summed E-state index contributed by atoms with van der Waals surface area (Å²) < 4.78 is 0. The second-order valence-electron chi connectivity index (χ2n) is 6.09. The van der Waals surface area contributed by atoms with Gasteiger partial charge in [-0.05, 0) is 52.0 Å². The Bertz CT molecular complexity index is 452. The van der Waals surface area contributed by atoms with Crippen molar-refractivity contribution in [3.63, 3.8) is 0 Å². The lowest BCUT2D eigenvalue weighted by Gasteiger charge is -2.19. The molecule has 0 spiro atoms. The van der Waals surface area contributed by atoms with E-state index in [1.54, 1.807) is 6.07 Å². The molecule has 0 saturated carbocycles. The van der Waals surface area contributed by atoms with E-state index in [1.807, 2.05) is 11.0 Å². The van der Waals surface area contributed by atoms with E-state index in [9.17, 15) is 4.79 Å². The molecule has 1 amide bonds. The van der Waals surface area contributed by atoms with E-state index in [4.69, 9.17) is 0 Å². The van der Waals surface area contributed by atoms with Crippen LogP contribution in [0.4, 0.5) is 5.82 Å².